The molecule has 194 valence electrons. The van der Waals surface area contributed by atoms with Gasteiger partial charge in [0.2, 0.25) is 0 Å². The molecular formula is C29H38ClN3O2S. The Kier molecular flexibility index (Phi) is 9.77. The number of ether oxygens (including phenoxy) is 1. The highest BCUT2D eigenvalue weighted by atomic mass is 35.5. The van der Waals surface area contributed by atoms with Crippen LogP contribution in [0.5, 0.6) is 0 Å². The van der Waals surface area contributed by atoms with Crippen molar-refractivity contribution in [3.05, 3.63) is 76.9 Å². The summed E-state index contributed by atoms with van der Waals surface area (Å²) in [5.74, 6) is 1.86. The van der Waals surface area contributed by atoms with Crippen LogP contribution in [0.25, 0.3) is 5.57 Å². The number of aromatic nitrogens is 1. The van der Waals surface area contributed by atoms with E-state index < -0.39 is 0 Å². The van der Waals surface area contributed by atoms with Crippen LogP contribution in [0.2, 0.25) is 5.02 Å². The lowest BCUT2D eigenvalue weighted by atomic mass is 10.0. The third-order valence-electron chi connectivity index (χ3n) is 6.98. The zero-order chi connectivity index (χ0) is 25.5. The van der Waals surface area contributed by atoms with Crippen molar-refractivity contribution >= 4 is 28.9 Å². The predicted molar refractivity (Wildman–Crippen MR) is 151 cm³/mol. The first-order chi connectivity index (χ1) is 17.4. The molecule has 0 radical (unpaired) electrons. The van der Waals surface area contributed by atoms with E-state index in [0.29, 0.717) is 12.0 Å². The Morgan fingerprint density at radius 3 is 2.61 bits per heavy atom. The van der Waals surface area contributed by atoms with Crippen LogP contribution in [0, 0.1) is 0 Å². The van der Waals surface area contributed by atoms with Crippen LogP contribution >= 0.6 is 23.4 Å². The monoisotopic (exact) mass is 527 g/mol. The topological polar surface area (TPSA) is 41.7 Å². The molecule has 0 bridgehead atoms. The van der Waals surface area contributed by atoms with Gasteiger partial charge in [0, 0.05) is 73.4 Å². The molecule has 7 heteroatoms. The molecule has 0 atom stereocenters. The molecule has 36 heavy (non-hydrogen) atoms. The van der Waals surface area contributed by atoms with Crippen molar-refractivity contribution in [1.29, 1.82) is 0 Å². The highest BCUT2D eigenvalue weighted by molar-refractivity contribution is 7.98. The molecule has 0 unspecified atom stereocenters. The zero-order valence-electron chi connectivity index (χ0n) is 21.7. The van der Waals surface area contributed by atoms with Crippen molar-refractivity contribution in [3.8, 4) is 0 Å². The van der Waals surface area contributed by atoms with Crippen molar-refractivity contribution in [2.24, 2.45) is 0 Å². The summed E-state index contributed by atoms with van der Waals surface area (Å²) >= 11 is 7.86. The summed E-state index contributed by atoms with van der Waals surface area (Å²) in [5.41, 5.74) is 4.26. The van der Waals surface area contributed by atoms with Crippen LogP contribution in [0.4, 0.5) is 0 Å². The standard InChI is InChI=1S/C29H38ClN3O2S/c1-5-24(10-9-22(4)33-15-13-32(14-16-33)21(2)3)27-29(36-20-23-7-6-8-26(30)19-23)35-28(31-27)25-11-17-34-18-12-25/h5-10,19,21,25H,1,11-18,20H2,2-4H3/b22-9+,24-10+. The van der Waals surface area contributed by atoms with Gasteiger partial charge in [0.25, 0.3) is 0 Å². The van der Waals surface area contributed by atoms with Gasteiger partial charge >= 0.3 is 0 Å². The first-order valence-corrected chi connectivity index (χ1v) is 14.3. The summed E-state index contributed by atoms with van der Waals surface area (Å²) in [4.78, 5) is 9.99. The molecule has 4 rings (SSSR count). The van der Waals surface area contributed by atoms with Crippen LogP contribution < -0.4 is 0 Å². The minimum absolute atomic E-state index is 0.290. The van der Waals surface area contributed by atoms with Gasteiger partial charge in [0.15, 0.2) is 11.0 Å². The van der Waals surface area contributed by atoms with Gasteiger partial charge in [-0.1, -0.05) is 54.2 Å². The number of halogens is 1. The lowest BCUT2D eigenvalue weighted by Crippen LogP contribution is -2.47. The number of hydrogen-bond acceptors (Lipinski definition) is 6. The maximum absolute atomic E-state index is 6.38. The van der Waals surface area contributed by atoms with Crippen molar-refractivity contribution in [3.63, 3.8) is 0 Å². The summed E-state index contributed by atoms with van der Waals surface area (Å²) in [5, 5.41) is 1.58. The van der Waals surface area contributed by atoms with Gasteiger partial charge in [-0.05, 0) is 57.4 Å². The van der Waals surface area contributed by atoms with Gasteiger partial charge in [0.1, 0.15) is 5.69 Å². The van der Waals surface area contributed by atoms with Gasteiger partial charge in [-0.25, -0.2) is 4.98 Å². The highest BCUT2D eigenvalue weighted by Gasteiger charge is 2.25. The third-order valence-corrected chi connectivity index (χ3v) is 8.23. The molecule has 5 nitrogen and oxygen atoms in total. The molecule has 0 amide bonds. The molecule has 2 aromatic rings. The molecular weight excluding hydrogens is 490 g/mol. The van der Waals surface area contributed by atoms with E-state index in [0.717, 1.165) is 90.8 Å². The number of allylic oxidation sites excluding steroid dienone is 5. The molecule has 2 fully saturated rings. The predicted octanol–water partition coefficient (Wildman–Crippen LogP) is 7.01. The second-order valence-corrected chi connectivity index (χ2v) is 11.1. The van der Waals surface area contributed by atoms with Crippen LogP contribution in [-0.2, 0) is 10.5 Å². The first kappa shape index (κ1) is 27.1. The zero-order valence-corrected chi connectivity index (χ0v) is 23.3. The third kappa shape index (κ3) is 7.06. The summed E-state index contributed by atoms with van der Waals surface area (Å²) < 4.78 is 11.9. The number of hydrogen-bond donors (Lipinski definition) is 0. The van der Waals surface area contributed by atoms with Crippen molar-refractivity contribution in [1.82, 2.24) is 14.8 Å². The Morgan fingerprint density at radius 1 is 1.19 bits per heavy atom. The highest BCUT2D eigenvalue weighted by Crippen LogP contribution is 2.36. The lowest BCUT2D eigenvalue weighted by molar-refractivity contribution is 0.0786. The second-order valence-electron chi connectivity index (χ2n) is 9.74. The van der Waals surface area contributed by atoms with Crippen molar-refractivity contribution < 1.29 is 9.15 Å². The summed E-state index contributed by atoms with van der Waals surface area (Å²) in [6, 6.07) is 8.57. The van der Waals surface area contributed by atoms with E-state index in [-0.39, 0.29) is 0 Å². The Hall–Kier alpha value is -1.99. The summed E-state index contributed by atoms with van der Waals surface area (Å²) in [7, 11) is 0. The average Bonchev–Trinajstić information content (AvgIpc) is 3.32. The van der Waals surface area contributed by atoms with E-state index in [1.807, 2.05) is 24.3 Å². The molecule has 0 saturated carbocycles. The molecule has 3 heterocycles. The van der Waals surface area contributed by atoms with E-state index in [9.17, 15) is 0 Å². The Balaban J connectivity index is 1.55. The Labute approximate surface area is 225 Å². The lowest BCUT2D eigenvalue weighted by Gasteiger charge is -2.38. The maximum atomic E-state index is 6.38. The smallest absolute Gasteiger partial charge is 0.199 e. The number of thioether (sulfide) groups is 1. The SMILES string of the molecule is C=C/C(=C\C=C(/C)N1CCN(C(C)C)CC1)c1nc(C2CCOCC2)oc1SCc1cccc(Cl)c1. The van der Waals surface area contributed by atoms with Gasteiger partial charge < -0.3 is 14.1 Å². The number of nitrogens with zero attached hydrogens (tertiary/aromatic N) is 3. The number of piperazine rings is 1. The van der Waals surface area contributed by atoms with Gasteiger partial charge in [-0.2, -0.15) is 0 Å². The van der Waals surface area contributed by atoms with Gasteiger partial charge in [-0.3, -0.25) is 4.90 Å². The molecule has 0 spiro atoms. The Bertz CT molecular complexity index is 1080. The first-order valence-electron chi connectivity index (χ1n) is 12.9. The number of oxazole rings is 1. The van der Waals surface area contributed by atoms with E-state index in [2.05, 4.69) is 55.4 Å². The van der Waals surface area contributed by atoms with Crippen LogP contribution in [-0.4, -0.2) is 60.2 Å². The fourth-order valence-corrected chi connectivity index (χ4v) is 5.78. The molecule has 2 aliphatic rings. The quantitative estimate of drug-likeness (QED) is 0.258. The van der Waals surface area contributed by atoms with E-state index >= 15 is 0 Å². The van der Waals surface area contributed by atoms with E-state index in [1.165, 1.54) is 5.70 Å². The summed E-state index contributed by atoms with van der Waals surface area (Å²) in [6.45, 7) is 16.6. The minimum Gasteiger partial charge on any atom is -0.433 e. The maximum Gasteiger partial charge on any atom is 0.199 e. The van der Waals surface area contributed by atoms with Crippen LogP contribution in [0.15, 0.2) is 64.3 Å². The fourth-order valence-electron chi connectivity index (χ4n) is 4.65. The largest absolute Gasteiger partial charge is 0.433 e. The van der Waals surface area contributed by atoms with Crippen molar-refractivity contribution in [2.45, 2.75) is 56.4 Å². The molecule has 2 aliphatic heterocycles. The normalized spacial score (nSPS) is 18.8. The Morgan fingerprint density at radius 2 is 1.94 bits per heavy atom. The number of rotatable bonds is 9. The molecule has 2 saturated heterocycles. The second kappa shape index (κ2) is 13.0. The number of benzene rings is 1. The van der Waals surface area contributed by atoms with E-state index in [1.54, 1.807) is 11.8 Å². The minimum atomic E-state index is 0.290. The average molecular weight is 528 g/mol. The van der Waals surface area contributed by atoms with Crippen LogP contribution in [0.1, 0.15) is 56.7 Å². The molecule has 0 N–H and O–H groups in total. The summed E-state index contributed by atoms with van der Waals surface area (Å²) in [6.07, 6.45) is 8.08. The van der Waals surface area contributed by atoms with Crippen molar-refractivity contribution in [2.75, 3.05) is 39.4 Å². The van der Waals surface area contributed by atoms with Gasteiger partial charge in [0.05, 0.1) is 0 Å². The van der Waals surface area contributed by atoms with Crippen LogP contribution in [0.3, 0.4) is 0 Å². The molecule has 1 aromatic heterocycles. The molecule has 0 aliphatic carbocycles. The molecule has 1 aromatic carbocycles. The fraction of sp³-hybridized carbons (Fsp3) is 0.483. The van der Waals surface area contributed by atoms with Gasteiger partial charge in [-0.15, -0.1) is 0 Å². The van der Waals surface area contributed by atoms with E-state index in [4.69, 9.17) is 25.7 Å².